The van der Waals surface area contributed by atoms with Crippen molar-refractivity contribution in [2.24, 2.45) is 0 Å². The number of hydrogen-bond acceptors (Lipinski definition) is 12. The number of anilines is 2. The maximum Gasteiger partial charge on any atom is 0.229 e. The molecule has 47 heavy (non-hydrogen) atoms. The van der Waals surface area contributed by atoms with Crippen LogP contribution in [-0.2, 0) is 28.3 Å². The summed E-state index contributed by atoms with van der Waals surface area (Å²) in [6.45, 7) is 11.0. The minimum atomic E-state index is 0.103. The largest absolute Gasteiger partial charge is 0.496 e. The molecule has 0 aliphatic carbocycles. The molecule has 1 aromatic carbocycles. The lowest BCUT2D eigenvalue weighted by Crippen LogP contribution is -2.46. The average Bonchev–Trinajstić information content (AvgIpc) is 3.51. The fourth-order valence-corrected chi connectivity index (χ4v) is 6.94. The van der Waals surface area contributed by atoms with E-state index in [1.807, 2.05) is 31.9 Å². The number of nitrogens with zero attached hydrogens (tertiary/aromatic N) is 6. The smallest absolute Gasteiger partial charge is 0.229 e. The molecule has 3 aromatic heterocycles. The Hall–Kier alpha value is -3.42. The lowest BCUT2D eigenvalue weighted by molar-refractivity contribution is -0.00570. The van der Waals surface area contributed by atoms with E-state index in [-0.39, 0.29) is 12.2 Å². The first-order chi connectivity index (χ1) is 22.9. The topological polar surface area (TPSA) is 101 Å². The predicted octanol–water partition coefficient (Wildman–Crippen LogP) is 4.83. The normalized spacial score (nSPS) is 18.8. The molecule has 0 saturated carbocycles. The number of fused-ring (bicyclic) bond motifs is 1. The fraction of sp³-hybridized carbons (Fsp3) is 0.514. The lowest BCUT2D eigenvalue weighted by atomic mass is 10.1. The van der Waals surface area contributed by atoms with Crippen LogP contribution in [0.1, 0.15) is 30.9 Å². The van der Waals surface area contributed by atoms with Crippen LogP contribution in [0.2, 0.25) is 0 Å². The number of ether oxygens (including phenoxy) is 3. The number of methoxy groups -OCH3 is 1. The van der Waals surface area contributed by atoms with Gasteiger partial charge in [0.15, 0.2) is 5.65 Å². The van der Waals surface area contributed by atoms with Crippen molar-refractivity contribution in [1.29, 1.82) is 0 Å². The van der Waals surface area contributed by atoms with Gasteiger partial charge >= 0.3 is 0 Å². The third kappa shape index (κ3) is 8.55. The molecule has 2 fully saturated rings. The first-order valence-corrected chi connectivity index (χ1v) is 17.6. The number of rotatable bonds is 13. The molecule has 11 nitrogen and oxygen atoms in total. The average molecular weight is 662 g/mol. The Morgan fingerprint density at radius 1 is 0.957 bits per heavy atom. The van der Waals surface area contributed by atoms with E-state index in [0.29, 0.717) is 31.4 Å². The summed E-state index contributed by atoms with van der Waals surface area (Å²) in [4.78, 5) is 21.9. The summed E-state index contributed by atoms with van der Waals surface area (Å²) in [6.07, 6.45) is 0.206. The van der Waals surface area contributed by atoms with E-state index in [1.54, 1.807) is 7.11 Å². The molecule has 4 aromatic rings. The highest BCUT2D eigenvalue weighted by Gasteiger charge is 2.27. The van der Waals surface area contributed by atoms with Crippen molar-refractivity contribution in [1.82, 2.24) is 25.2 Å². The van der Waals surface area contributed by atoms with Gasteiger partial charge in [0.05, 0.1) is 55.9 Å². The molecule has 0 bridgehead atoms. The van der Waals surface area contributed by atoms with Crippen LogP contribution in [0.15, 0.2) is 46.9 Å². The van der Waals surface area contributed by atoms with E-state index in [9.17, 15) is 0 Å². The van der Waals surface area contributed by atoms with Gasteiger partial charge in [-0.25, -0.2) is 4.98 Å². The molecule has 2 atom stereocenters. The van der Waals surface area contributed by atoms with Crippen molar-refractivity contribution in [3.8, 4) is 17.0 Å². The summed E-state index contributed by atoms with van der Waals surface area (Å²) in [6, 6.07) is 14.6. The Morgan fingerprint density at radius 2 is 1.74 bits per heavy atom. The molecule has 6 rings (SSSR count). The second-order valence-electron chi connectivity index (χ2n) is 12.5. The Labute approximate surface area is 282 Å². The van der Waals surface area contributed by atoms with E-state index in [4.69, 9.17) is 33.6 Å². The van der Waals surface area contributed by atoms with Crippen molar-refractivity contribution in [2.45, 2.75) is 44.9 Å². The van der Waals surface area contributed by atoms with Crippen LogP contribution in [0.3, 0.4) is 0 Å². The van der Waals surface area contributed by atoms with Gasteiger partial charge < -0.3 is 38.6 Å². The van der Waals surface area contributed by atoms with Crippen LogP contribution in [0.5, 0.6) is 5.75 Å². The van der Waals surface area contributed by atoms with Crippen LogP contribution < -0.4 is 19.9 Å². The summed E-state index contributed by atoms with van der Waals surface area (Å²) < 4.78 is 23.3. The second kappa shape index (κ2) is 15.7. The molecule has 0 spiro atoms. The van der Waals surface area contributed by atoms with Crippen LogP contribution in [-0.4, -0.2) is 105 Å². The van der Waals surface area contributed by atoms with Gasteiger partial charge in [0.1, 0.15) is 23.1 Å². The Bertz CT molecular complexity index is 1620. The molecule has 0 amide bonds. The number of nitrogens with one attached hydrogen (secondary N) is 1. The standard InChI is InChI=1S/C35H47N7O4S/c1-24-20-42(21-25(2)45-24)35-38-33-30(34(39-35)41-13-15-44-16-14-41)9-10-31(37-33)26-6-11-32(43-5)27(18-26)19-36-12-17-47-23-29-8-7-28(46-29)22-40(3)4/h6-11,18,24-25,36H,12-17,19-23H2,1-5H3. The minimum absolute atomic E-state index is 0.103. The van der Waals surface area contributed by atoms with E-state index in [2.05, 4.69) is 70.3 Å². The number of pyridine rings is 1. The van der Waals surface area contributed by atoms with E-state index in [1.165, 1.54) is 0 Å². The van der Waals surface area contributed by atoms with Crippen LogP contribution >= 0.6 is 11.8 Å². The van der Waals surface area contributed by atoms with Crippen molar-refractivity contribution < 1.29 is 18.6 Å². The lowest BCUT2D eigenvalue weighted by Gasteiger charge is -2.36. The van der Waals surface area contributed by atoms with Crippen molar-refractivity contribution >= 4 is 34.6 Å². The van der Waals surface area contributed by atoms with Gasteiger partial charge in [-0.2, -0.15) is 21.7 Å². The third-order valence-electron chi connectivity index (χ3n) is 8.29. The van der Waals surface area contributed by atoms with E-state index >= 15 is 0 Å². The van der Waals surface area contributed by atoms with E-state index < -0.39 is 0 Å². The molecule has 5 heterocycles. The SMILES string of the molecule is COc1ccc(-c2ccc3c(N4CCOCC4)nc(N4CC(C)OC(C)C4)nc3n2)cc1CNCCSCc1ccc(CN(C)C)o1. The van der Waals surface area contributed by atoms with Gasteiger partial charge in [-0.15, -0.1) is 0 Å². The molecule has 252 valence electrons. The molecule has 2 unspecified atom stereocenters. The van der Waals surface area contributed by atoms with Gasteiger partial charge in [0.2, 0.25) is 5.95 Å². The molecule has 2 saturated heterocycles. The summed E-state index contributed by atoms with van der Waals surface area (Å²) in [5.41, 5.74) is 3.67. The molecule has 0 radical (unpaired) electrons. The Balaban J connectivity index is 1.17. The molecule has 2 aliphatic heterocycles. The zero-order valence-corrected chi connectivity index (χ0v) is 29.0. The zero-order valence-electron chi connectivity index (χ0n) is 28.2. The molecule has 1 N–H and O–H groups in total. The molecule has 12 heteroatoms. The summed E-state index contributed by atoms with van der Waals surface area (Å²) in [7, 11) is 5.81. The van der Waals surface area contributed by atoms with Gasteiger partial charge in [-0.05, 0) is 70.4 Å². The van der Waals surface area contributed by atoms with Crippen LogP contribution in [0.25, 0.3) is 22.3 Å². The summed E-state index contributed by atoms with van der Waals surface area (Å²) in [5.74, 6) is 6.34. The third-order valence-corrected chi connectivity index (χ3v) is 9.27. The number of hydrogen-bond donors (Lipinski definition) is 1. The number of thioether (sulfide) groups is 1. The Morgan fingerprint density at radius 3 is 2.51 bits per heavy atom. The van der Waals surface area contributed by atoms with Gasteiger partial charge in [-0.1, -0.05) is 0 Å². The van der Waals surface area contributed by atoms with Crippen LogP contribution in [0.4, 0.5) is 11.8 Å². The van der Waals surface area contributed by atoms with E-state index in [0.717, 1.165) is 96.1 Å². The van der Waals surface area contributed by atoms with Gasteiger partial charge in [-0.3, -0.25) is 0 Å². The Kier molecular flexibility index (Phi) is 11.1. The monoisotopic (exact) mass is 661 g/mol. The molecular weight excluding hydrogens is 614 g/mol. The highest BCUT2D eigenvalue weighted by molar-refractivity contribution is 7.98. The highest BCUT2D eigenvalue weighted by Crippen LogP contribution is 2.31. The fourth-order valence-electron chi connectivity index (χ4n) is 6.16. The predicted molar refractivity (Wildman–Crippen MR) is 189 cm³/mol. The summed E-state index contributed by atoms with van der Waals surface area (Å²) in [5, 5.41) is 4.54. The number of morpholine rings is 2. The maximum atomic E-state index is 5.99. The number of furan rings is 1. The first-order valence-electron chi connectivity index (χ1n) is 16.5. The number of benzene rings is 1. The maximum absolute atomic E-state index is 5.99. The van der Waals surface area contributed by atoms with Crippen molar-refractivity contribution in [3.63, 3.8) is 0 Å². The van der Waals surface area contributed by atoms with Gasteiger partial charge in [0, 0.05) is 56.1 Å². The summed E-state index contributed by atoms with van der Waals surface area (Å²) >= 11 is 1.86. The zero-order chi connectivity index (χ0) is 32.8. The van der Waals surface area contributed by atoms with Crippen molar-refractivity contribution in [3.05, 3.63) is 59.5 Å². The quantitative estimate of drug-likeness (QED) is 0.199. The van der Waals surface area contributed by atoms with Crippen LogP contribution in [0, 0.1) is 0 Å². The van der Waals surface area contributed by atoms with Crippen molar-refractivity contribution in [2.75, 3.05) is 82.7 Å². The second-order valence-corrected chi connectivity index (χ2v) is 13.6. The first kappa shape index (κ1) is 33.5. The van der Waals surface area contributed by atoms with Gasteiger partial charge in [0.25, 0.3) is 0 Å². The molecular formula is C35H47N7O4S. The number of aromatic nitrogens is 3. The minimum Gasteiger partial charge on any atom is -0.496 e. The highest BCUT2D eigenvalue weighted by atomic mass is 32.2. The molecule has 2 aliphatic rings.